The van der Waals surface area contributed by atoms with Gasteiger partial charge in [-0.05, 0) is 63.6 Å². The van der Waals surface area contributed by atoms with Crippen LogP contribution in [0.25, 0.3) is 41.8 Å². The summed E-state index contributed by atoms with van der Waals surface area (Å²) in [5.74, 6) is -0.502. The number of thiophene rings is 4. The average Bonchev–Trinajstić information content (AvgIpc) is 3.82. The van der Waals surface area contributed by atoms with Gasteiger partial charge in [-0.2, -0.15) is 0 Å². The van der Waals surface area contributed by atoms with E-state index in [1.54, 1.807) is 41.1 Å². The van der Waals surface area contributed by atoms with Crippen molar-refractivity contribution in [3.63, 3.8) is 0 Å². The fraction of sp³-hybridized carbons (Fsp3) is 0.237. The molecule has 8 rings (SSSR count). The normalized spacial score (nSPS) is 15.3. The first kappa shape index (κ1) is 29.7. The molecule has 0 N–H and O–H groups in total. The molecular formula is C38H31NO3S4. The van der Waals surface area contributed by atoms with Crippen LogP contribution >= 0.6 is 45.3 Å². The summed E-state index contributed by atoms with van der Waals surface area (Å²) in [4.78, 5) is 46.8. The molecule has 230 valence electrons. The number of nitrogens with zero attached hydrogens (tertiary/aromatic N) is 1. The molecule has 4 aromatic heterocycles. The molecule has 0 fully saturated rings. The lowest BCUT2D eigenvalue weighted by Crippen LogP contribution is -2.25. The van der Waals surface area contributed by atoms with E-state index in [4.69, 9.17) is 0 Å². The van der Waals surface area contributed by atoms with Crippen molar-refractivity contribution in [3.05, 3.63) is 101 Å². The summed E-state index contributed by atoms with van der Waals surface area (Å²) in [6, 6.07) is 16.6. The Hall–Kier alpha value is -3.69. The maximum Gasteiger partial charge on any atom is 0.261 e. The number of hydrogen-bond acceptors (Lipinski definition) is 7. The highest BCUT2D eigenvalue weighted by Gasteiger charge is 2.40. The lowest BCUT2D eigenvalue weighted by molar-refractivity contribution is -0.108. The number of rotatable bonds is 3. The van der Waals surface area contributed by atoms with Crippen LogP contribution in [0.15, 0.2) is 59.3 Å². The molecule has 8 heteroatoms. The van der Waals surface area contributed by atoms with Crippen molar-refractivity contribution in [2.45, 2.75) is 52.4 Å². The van der Waals surface area contributed by atoms with Crippen molar-refractivity contribution < 1.29 is 14.4 Å². The Morgan fingerprint density at radius 3 is 1.70 bits per heavy atom. The molecule has 0 saturated heterocycles. The molecule has 6 aromatic rings. The van der Waals surface area contributed by atoms with Crippen molar-refractivity contribution in [3.8, 4) is 10.4 Å². The zero-order chi connectivity index (χ0) is 32.4. The molecule has 0 radical (unpaired) electrons. The van der Waals surface area contributed by atoms with Crippen LogP contribution < -0.4 is 10.4 Å². The van der Waals surface area contributed by atoms with Gasteiger partial charge in [-0.15, -0.1) is 45.3 Å². The SMILES string of the molecule is CN1C(=O)c2c(-c3ccc(C4=c5c(c6sccc6c6ccsc56)=C(c5ccc(C(C)(C)C)s5)C4=O)s3)ccc(C(C)(C)C)c2C1=O. The topological polar surface area (TPSA) is 54.5 Å². The zero-order valence-corrected chi connectivity index (χ0v) is 29.8. The summed E-state index contributed by atoms with van der Waals surface area (Å²) in [5, 5.41) is 8.65. The number of imide groups is 1. The molecule has 0 spiro atoms. The minimum atomic E-state index is -0.305. The molecule has 0 atom stereocenters. The van der Waals surface area contributed by atoms with E-state index in [2.05, 4.69) is 76.6 Å². The predicted molar refractivity (Wildman–Crippen MR) is 194 cm³/mol. The van der Waals surface area contributed by atoms with Gasteiger partial charge in [0.15, 0.2) is 5.78 Å². The van der Waals surface area contributed by atoms with E-state index >= 15 is 0 Å². The molecule has 2 amide bonds. The first-order valence-corrected chi connectivity index (χ1v) is 18.6. The van der Waals surface area contributed by atoms with E-state index in [1.807, 2.05) is 24.3 Å². The summed E-state index contributed by atoms with van der Waals surface area (Å²) in [6.07, 6.45) is 0. The first-order valence-electron chi connectivity index (χ1n) is 15.2. The van der Waals surface area contributed by atoms with Crippen molar-refractivity contribution >= 4 is 94.3 Å². The summed E-state index contributed by atoms with van der Waals surface area (Å²) in [6.45, 7) is 12.8. The molecule has 4 nitrogen and oxygen atoms in total. The highest BCUT2D eigenvalue weighted by Crippen LogP contribution is 2.43. The number of fused-ring (bicyclic) bond motifs is 7. The van der Waals surface area contributed by atoms with Gasteiger partial charge in [0.05, 0.1) is 11.1 Å². The van der Waals surface area contributed by atoms with E-state index in [-0.39, 0.29) is 28.4 Å². The summed E-state index contributed by atoms with van der Waals surface area (Å²) >= 11 is 6.60. The Labute approximate surface area is 282 Å². The molecular weight excluding hydrogens is 647 g/mol. The van der Waals surface area contributed by atoms with Crippen LogP contribution in [0, 0.1) is 0 Å². The second-order valence-corrected chi connectivity index (χ2v) is 18.1. The van der Waals surface area contributed by atoms with Crippen LogP contribution in [0.5, 0.6) is 0 Å². The quantitative estimate of drug-likeness (QED) is 0.176. The van der Waals surface area contributed by atoms with E-state index < -0.39 is 0 Å². The zero-order valence-electron chi connectivity index (χ0n) is 26.6. The number of amides is 2. The minimum Gasteiger partial charge on any atom is -0.288 e. The molecule has 46 heavy (non-hydrogen) atoms. The van der Waals surface area contributed by atoms with Gasteiger partial charge in [0.2, 0.25) is 0 Å². The third kappa shape index (κ3) is 4.10. The van der Waals surface area contributed by atoms with Crippen LogP contribution in [0.3, 0.4) is 0 Å². The second-order valence-electron chi connectivity index (χ2n) is 14.1. The van der Waals surface area contributed by atoms with Crippen LogP contribution in [0.1, 0.15) is 82.5 Å². The van der Waals surface area contributed by atoms with E-state index in [1.165, 1.54) is 31.9 Å². The predicted octanol–water partition coefficient (Wildman–Crippen LogP) is 8.71. The molecule has 5 heterocycles. The van der Waals surface area contributed by atoms with Gasteiger partial charge in [-0.1, -0.05) is 53.7 Å². The Kier molecular flexibility index (Phi) is 6.40. The number of carbonyl (C=O) groups excluding carboxylic acids is 3. The number of benzene rings is 2. The molecule has 1 aliphatic heterocycles. The summed E-state index contributed by atoms with van der Waals surface area (Å²) < 4.78 is 2.27. The highest BCUT2D eigenvalue weighted by molar-refractivity contribution is 7.20. The Balaban J connectivity index is 1.40. The van der Waals surface area contributed by atoms with Crippen molar-refractivity contribution in [1.29, 1.82) is 0 Å². The third-order valence-corrected chi connectivity index (χ3v) is 13.6. The minimum absolute atomic E-state index is 0.0190. The fourth-order valence-electron chi connectivity index (χ4n) is 6.75. The molecule has 2 aliphatic rings. The lowest BCUT2D eigenvalue weighted by atomic mass is 9.81. The van der Waals surface area contributed by atoms with Gasteiger partial charge in [0.1, 0.15) is 0 Å². The van der Waals surface area contributed by atoms with Gasteiger partial charge in [-0.25, -0.2) is 0 Å². The second kappa shape index (κ2) is 9.91. The largest absolute Gasteiger partial charge is 0.288 e. The van der Waals surface area contributed by atoms with Crippen LogP contribution in [-0.2, 0) is 15.6 Å². The van der Waals surface area contributed by atoms with E-state index in [0.29, 0.717) is 11.1 Å². The maximum atomic E-state index is 14.8. The van der Waals surface area contributed by atoms with E-state index in [0.717, 1.165) is 56.7 Å². The fourth-order valence-corrected chi connectivity index (χ4v) is 10.9. The summed E-state index contributed by atoms with van der Waals surface area (Å²) in [7, 11) is 1.55. The lowest BCUT2D eigenvalue weighted by Gasteiger charge is -2.22. The van der Waals surface area contributed by atoms with Gasteiger partial charge >= 0.3 is 0 Å². The van der Waals surface area contributed by atoms with Crippen LogP contribution in [0.4, 0.5) is 0 Å². The van der Waals surface area contributed by atoms with Gasteiger partial charge in [-0.3, -0.25) is 19.3 Å². The summed E-state index contributed by atoms with van der Waals surface area (Å²) in [5.41, 5.74) is 3.72. The Morgan fingerprint density at radius 2 is 1.13 bits per heavy atom. The van der Waals surface area contributed by atoms with Crippen LogP contribution in [0.2, 0.25) is 0 Å². The standard InChI is InChI=1S/C38H31NO3S4/c1-37(2,3)21-9-8-20(26-27(21)36(42)39(7)35(26)41)22-10-11-23(45-22)28-30-31(34-19(15-17-44-34)18-14-16-43-33(18)30)29(32(28)40)24-12-13-25(46-24)38(4,5)6/h8-17H,1-7H3. The molecule has 1 aliphatic carbocycles. The van der Waals surface area contributed by atoms with E-state index in [9.17, 15) is 14.4 Å². The maximum absolute atomic E-state index is 14.8. The number of Topliss-reactive ketones (excluding diaryl/α,β-unsaturated/α-hetero) is 1. The number of ketones is 1. The smallest absolute Gasteiger partial charge is 0.261 e. The van der Waals surface area contributed by atoms with Gasteiger partial charge in [0.25, 0.3) is 11.8 Å². The molecule has 0 saturated carbocycles. The average molecular weight is 678 g/mol. The van der Waals surface area contributed by atoms with Crippen molar-refractivity contribution in [2.75, 3.05) is 7.05 Å². The van der Waals surface area contributed by atoms with Gasteiger partial charge < -0.3 is 0 Å². The van der Waals surface area contributed by atoms with Crippen molar-refractivity contribution in [2.24, 2.45) is 0 Å². The van der Waals surface area contributed by atoms with Crippen LogP contribution in [-0.4, -0.2) is 29.5 Å². The Bertz CT molecular complexity index is 2470. The van der Waals surface area contributed by atoms with Crippen molar-refractivity contribution in [1.82, 2.24) is 4.90 Å². The number of carbonyl (C=O) groups is 3. The Morgan fingerprint density at radius 1 is 0.587 bits per heavy atom. The highest BCUT2D eigenvalue weighted by atomic mass is 32.1. The first-order chi connectivity index (χ1) is 21.8. The monoisotopic (exact) mass is 677 g/mol. The molecule has 0 unspecified atom stereocenters. The number of hydrogen-bond donors (Lipinski definition) is 0. The third-order valence-electron chi connectivity index (χ3n) is 9.04. The van der Waals surface area contributed by atoms with Gasteiger partial charge in [0, 0.05) is 73.9 Å². The molecule has 2 aromatic carbocycles. The molecule has 0 bridgehead atoms.